The van der Waals surface area contributed by atoms with Gasteiger partial charge in [0.15, 0.2) is 11.5 Å². The van der Waals surface area contributed by atoms with Crippen LogP contribution in [0.2, 0.25) is 0 Å². The molecule has 1 unspecified atom stereocenters. The molecule has 1 amide bonds. The van der Waals surface area contributed by atoms with Crippen molar-refractivity contribution in [1.29, 1.82) is 0 Å². The molecule has 0 bridgehead atoms. The number of rotatable bonds is 5. The first-order valence-corrected chi connectivity index (χ1v) is 6.73. The van der Waals surface area contributed by atoms with Crippen LogP contribution >= 0.6 is 0 Å². The number of carbonyl (C=O) groups is 1. The van der Waals surface area contributed by atoms with E-state index >= 15 is 0 Å². The van der Waals surface area contributed by atoms with Crippen molar-refractivity contribution in [2.75, 3.05) is 0 Å². The minimum absolute atomic E-state index is 0.0561. The smallest absolute Gasteiger partial charge is 0.223 e. The number of pyridine rings is 1. The molecular formula is C16H18N2O3. The van der Waals surface area contributed by atoms with Gasteiger partial charge in [0.1, 0.15) is 0 Å². The maximum Gasteiger partial charge on any atom is 0.223 e. The fourth-order valence-corrected chi connectivity index (χ4v) is 2.01. The fourth-order valence-electron chi connectivity index (χ4n) is 2.01. The summed E-state index contributed by atoms with van der Waals surface area (Å²) in [6.45, 7) is 2.29. The third-order valence-electron chi connectivity index (χ3n) is 3.25. The van der Waals surface area contributed by atoms with E-state index in [9.17, 15) is 15.0 Å². The Balaban J connectivity index is 1.88. The molecule has 2 aromatic rings. The zero-order valence-corrected chi connectivity index (χ0v) is 11.8. The summed E-state index contributed by atoms with van der Waals surface area (Å²) in [5, 5.41) is 21.6. The molecule has 0 aliphatic carbocycles. The number of benzene rings is 1. The van der Waals surface area contributed by atoms with Gasteiger partial charge in [-0.2, -0.15) is 0 Å². The lowest BCUT2D eigenvalue weighted by Crippen LogP contribution is -2.29. The highest BCUT2D eigenvalue weighted by Crippen LogP contribution is 2.26. The topological polar surface area (TPSA) is 82.5 Å². The number of nitrogens with one attached hydrogen (secondary N) is 1. The van der Waals surface area contributed by atoms with E-state index in [4.69, 9.17) is 0 Å². The van der Waals surface area contributed by atoms with Crippen molar-refractivity contribution >= 4 is 5.91 Å². The molecular weight excluding hydrogens is 268 g/mol. The first-order valence-electron chi connectivity index (χ1n) is 6.73. The lowest BCUT2D eigenvalue weighted by Gasteiger charge is -2.12. The highest BCUT2D eigenvalue weighted by Gasteiger charge is 2.14. The molecule has 0 saturated heterocycles. The van der Waals surface area contributed by atoms with Crippen LogP contribution in [-0.2, 0) is 17.8 Å². The van der Waals surface area contributed by atoms with Crippen molar-refractivity contribution in [3.05, 3.63) is 53.9 Å². The van der Waals surface area contributed by atoms with Gasteiger partial charge in [-0.1, -0.05) is 13.0 Å². The molecule has 1 heterocycles. The summed E-state index contributed by atoms with van der Waals surface area (Å²) < 4.78 is 0. The van der Waals surface area contributed by atoms with Crippen molar-refractivity contribution in [2.45, 2.75) is 19.9 Å². The molecule has 3 N–H and O–H groups in total. The normalized spacial score (nSPS) is 11.9. The van der Waals surface area contributed by atoms with Gasteiger partial charge < -0.3 is 15.5 Å². The summed E-state index contributed by atoms with van der Waals surface area (Å²) in [6.07, 6.45) is 3.87. The van der Waals surface area contributed by atoms with Gasteiger partial charge in [-0.3, -0.25) is 9.78 Å². The lowest BCUT2D eigenvalue weighted by atomic mass is 10.00. The van der Waals surface area contributed by atoms with Crippen molar-refractivity contribution in [3.8, 4) is 11.5 Å². The molecule has 110 valence electrons. The van der Waals surface area contributed by atoms with E-state index in [1.165, 1.54) is 12.1 Å². The molecule has 0 aliphatic rings. The van der Waals surface area contributed by atoms with Crippen molar-refractivity contribution in [3.63, 3.8) is 0 Å². The van der Waals surface area contributed by atoms with Gasteiger partial charge in [0.2, 0.25) is 5.91 Å². The van der Waals surface area contributed by atoms with Gasteiger partial charge in [0.05, 0.1) is 0 Å². The monoisotopic (exact) mass is 286 g/mol. The number of hydrogen-bond acceptors (Lipinski definition) is 4. The van der Waals surface area contributed by atoms with Crippen LogP contribution in [0.3, 0.4) is 0 Å². The van der Waals surface area contributed by atoms with Gasteiger partial charge in [0.25, 0.3) is 0 Å². The second kappa shape index (κ2) is 6.74. The summed E-state index contributed by atoms with van der Waals surface area (Å²) in [5.74, 6) is -0.611. The average Bonchev–Trinajstić information content (AvgIpc) is 2.49. The van der Waals surface area contributed by atoms with Gasteiger partial charge in [-0.05, 0) is 41.8 Å². The molecule has 0 saturated carbocycles. The number of amides is 1. The SMILES string of the molecule is CC(Cc1ccc(O)c(O)c1)C(=O)NCc1ccncc1. The second-order valence-corrected chi connectivity index (χ2v) is 5.00. The molecule has 0 spiro atoms. The second-order valence-electron chi connectivity index (χ2n) is 5.00. The van der Waals surface area contributed by atoms with Crippen LogP contribution in [0.5, 0.6) is 11.5 Å². The first-order chi connectivity index (χ1) is 10.1. The Morgan fingerprint density at radius 2 is 1.86 bits per heavy atom. The Morgan fingerprint density at radius 3 is 2.52 bits per heavy atom. The van der Waals surface area contributed by atoms with Crippen LogP contribution in [0.1, 0.15) is 18.1 Å². The highest BCUT2D eigenvalue weighted by atomic mass is 16.3. The predicted octanol–water partition coefficient (Wildman–Crippen LogP) is 1.99. The minimum Gasteiger partial charge on any atom is -0.504 e. The van der Waals surface area contributed by atoms with Gasteiger partial charge in [0, 0.05) is 24.9 Å². The standard InChI is InChI=1S/C16H18N2O3/c1-11(8-13-2-3-14(19)15(20)9-13)16(21)18-10-12-4-6-17-7-5-12/h2-7,9,11,19-20H,8,10H2,1H3,(H,18,21). The van der Waals surface area contributed by atoms with Crippen molar-refractivity contribution in [1.82, 2.24) is 10.3 Å². The average molecular weight is 286 g/mol. The van der Waals surface area contributed by atoms with E-state index in [2.05, 4.69) is 10.3 Å². The lowest BCUT2D eigenvalue weighted by molar-refractivity contribution is -0.124. The van der Waals surface area contributed by atoms with Crippen LogP contribution in [0.25, 0.3) is 0 Å². The van der Waals surface area contributed by atoms with Crippen LogP contribution in [0.4, 0.5) is 0 Å². The van der Waals surface area contributed by atoms with Crippen molar-refractivity contribution < 1.29 is 15.0 Å². The van der Waals surface area contributed by atoms with E-state index in [1.807, 2.05) is 19.1 Å². The zero-order chi connectivity index (χ0) is 15.2. The van der Waals surface area contributed by atoms with Crippen LogP contribution in [0.15, 0.2) is 42.7 Å². The summed E-state index contributed by atoms with van der Waals surface area (Å²) >= 11 is 0. The molecule has 1 aromatic carbocycles. The Labute approximate surface area is 123 Å². The Kier molecular flexibility index (Phi) is 4.77. The Bertz CT molecular complexity index is 614. The van der Waals surface area contributed by atoms with Crippen LogP contribution in [-0.4, -0.2) is 21.1 Å². The van der Waals surface area contributed by atoms with E-state index < -0.39 is 0 Å². The third kappa shape index (κ3) is 4.21. The van der Waals surface area contributed by atoms with E-state index in [0.29, 0.717) is 13.0 Å². The Morgan fingerprint density at radius 1 is 1.14 bits per heavy atom. The summed E-state index contributed by atoms with van der Waals surface area (Å²) in [7, 11) is 0. The molecule has 0 fully saturated rings. The van der Waals surface area contributed by atoms with E-state index in [0.717, 1.165) is 11.1 Å². The van der Waals surface area contributed by atoms with Crippen LogP contribution < -0.4 is 5.32 Å². The molecule has 21 heavy (non-hydrogen) atoms. The maximum absolute atomic E-state index is 12.0. The predicted molar refractivity (Wildman–Crippen MR) is 78.7 cm³/mol. The molecule has 5 nitrogen and oxygen atoms in total. The molecule has 1 atom stereocenters. The largest absolute Gasteiger partial charge is 0.504 e. The molecule has 1 aromatic heterocycles. The number of aromatic hydroxyl groups is 2. The van der Waals surface area contributed by atoms with E-state index in [-0.39, 0.29) is 23.3 Å². The maximum atomic E-state index is 12.0. The van der Waals surface area contributed by atoms with E-state index in [1.54, 1.807) is 18.5 Å². The molecule has 2 rings (SSSR count). The van der Waals surface area contributed by atoms with Gasteiger partial charge in [-0.25, -0.2) is 0 Å². The quantitative estimate of drug-likeness (QED) is 0.734. The first kappa shape index (κ1) is 14.8. The fraction of sp³-hybridized carbons (Fsp3) is 0.250. The molecule has 0 aliphatic heterocycles. The number of hydrogen-bond donors (Lipinski definition) is 3. The number of nitrogens with zero attached hydrogens (tertiary/aromatic N) is 1. The molecule has 0 radical (unpaired) electrons. The summed E-state index contributed by atoms with van der Waals surface area (Å²) in [4.78, 5) is 16.0. The Hall–Kier alpha value is -2.56. The highest BCUT2D eigenvalue weighted by molar-refractivity contribution is 5.78. The summed E-state index contributed by atoms with van der Waals surface area (Å²) in [6, 6.07) is 8.29. The van der Waals surface area contributed by atoms with Gasteiger partial charge in [-0.15, -0.1) is 0 Å². The third-order valence-corrected chi connectivity index (χ3v) is 3.25. The number of carbonyl (C=O) groups excluding carboxylic acids is 1. The van der Waals surface area contributed by atoms with Crippen molar-refractivity contribution in [2.24, 2.45) is 5.92 Å². The van der Waals surface area contributed by atoms with Crippen LogP contribution in [0, 0.1) is 5.92 Å². The molecule has 5 heteroatoms. The number of phenols is 2. The minimum atomic E-state index is -0.226. The zero-order valence-electron chi connectivity index (χ0n) is 11.8. The number of aromatic nitrogens is 1. The van der Waals surface area contributed by atoms with Gasteiger partial charge >= 0.3 is 0 Å². The number of phenolic OH excluding ortho intramolecular Hbond substituents is 2. The summed E-state index contributed by atoms with van der Waals surface area (Å²) in [5.41, 5.74) is 1.80.